The van der Waals surface area contributed by atoms with Crippen molar-refractivity contribution in [1.82, 2.24) is 0 Å². The van der Waals surface area contributed by atoms with Crippen LogP contribution >= 0.6 is 11.6 Å². The molecule has 21 heavy (non-hydrogen) atoms. The number of ether oxygens (including phenoxy) is 1. The second kappa shape index (κ2) is 6.59. The summed E-state index contributed by atoms with van der Waals surface area (Å²) in [5.74, 6) is 0.724. The maximum absolute atomic E-state index is 9.86. The van der Waals surface area contributed by atoms with Crippen molar-refractivity contribution in [3.05, 3.63) is 47.0 Å². The zero-order valence-electron chi connectivity index (χ0n) is 11.9. The van der Waals surface area contributed by atoms with E-state index in [0.717, 1.165) is 5.69 Å². The Morgan fingerprint density at radius 2 is 1.86 bits per heavy atom. The van der Waals surface area contributed by atoms with E-state index >= 15 is 0 Å². The van der Waals surface area contributed by atoms with Crippen LogP contribution in [0.4, 0.5) is 5.69 Å². The van der Waals surface area contributed by atoms with Crippen LogP contribution in [-0.2, 0) is 0 Å². The molecule has 0 bridgehead atoms. The second-order valence-corrected chi connectivity index (χ2v) is 5.06. The van der Waals surface area contributed by atoms with Crippen molar-refractivity contribution in [2.24, 2.45) is 0 Å². The minimum Gasteiger partial charge on any atom is -0.507 e. The summed E-state index contributed by atoms with van der Waals surface area (Å²) in [5.41, 5.74) is 1.22. The highest BCUT2D eigenvalue weighted by molar-refractivity contribution is 6.32. The third kappa shape index (κ3) is 3.52. The first-order chi connectivity index (χ1) is 10.0. The Labute approximate surface area is 129 Å². The van der Waals surface area contributed by atoms with Gasteiger partial charge in [-0.2, -0.15) is 0 Å². The van der Waals surface area contributed by atoms with Crippen molar-refractivity contribution in [2.45, 2.75) is 19.9 Å². The number of phenols is 2. The lowest BCUT2D eigenvalue weighted by Gasteiger charge is -2.18. The van der Waals surface area contributed by atoms with E-state index in [1.165, 1.54) is 0 Å². The Morgan fingerprint density at radius 3 is 2.43 bits per heavy atom. The lowest BCUT2D eigenvalue weighted by Crippen LogP contribution is -2.07. The van der Waals surface area contributed by atoms with E-state index in [4.69, 9.17) is 16.3 Å². The Morgan fingerprint density at radius 1 is 1.19 bits per heavy atom. The van der Waals surface area contributed by atoms with Crippen LogP contribution in [0.5, 0.6) is 17.2 Å². The highest BCUT2D eigenvalue weighted by Crippen LogP contribution is 2.35. The predicted octanol–water partition coefficient (Wildman–Crippen LogP) is 4.32. The van der Waals surface area contributed by atoms with Gasteiger partial charge in [-0.25, -0.2) is 0 Å². The number of halogens is 1. The van der Waals surface area contributed by atoms with Gasteiger partial charge in [0.15, 0.2) is 0 Å². The molecule has 5 heteroatoms. The molecule has 0 fully saturated rings. The summed E-state index contributed by atoms with van der Waals surface area (Å²) in [6, 6.07) is 9.77. The van der Waals surface area contributed by atoms with Crippen molar-refractivity contribution in [1.29, 1.82) is 0 Å². The summed E-state index contributed by atoms with van der Waals surface area (Å²) < 4.78 is 5.38. The van der Waals surface area contributed by atoms with Crippen molar-refractivity contribution in [2.75, 3.05) is 11.9 Å². The molecular weight excluding hydrogens is 290 g/mol. The van der Waals surface area contributed by atoms with Gasteiger partial charge in [0.25, 0.3) is 0 Å². The summed E-state index contributed by atoms with van der Waals surface area (Å²) in [6.07, 6.45) is 0. The van der Waals surface area contributed by atoms with Crippen LogP contribution in [0, 0.1) is 0 Å². The first-order valence-corrected chi connectivity index (χ1v) is 7.10. The zero-order valence-corrected chi connectivity index (χ0v) is 12.7. The van der Waals surface area contributed by atoms with Crippen molar-refractivity contribution in [3.63, 3.8) is 0 Å². The van der Waals surface area contributed by atoms with E-state index in [1.807, 2.05) is 19.9 Å². The predicted molar refractivity (Wildman–Crippen MR) is 84.4 cm³/mol. The number of anilines is 1. The van der Waals surface area contributed by atoms with Gasteiger partial charge in [-0.3, -0.25) is 0 Å². The van der Waals surface area contributed by atoms with Crippen LogP contribution in [0.2, 0.25) is 5.02 Å². The van der Waals surface area contributed by atoms with E-state index in [-0.39, 0.29) is 17.5 Å². The monoisotopic (exact) mass is 307 g/mol. The molecule has 0 radical (unpaired) electrons. The molecule has 0 aliphatic rings. The molecule has 0 aliphatic heterocycles. The molecule has 4 nitrogen and oxygen atoms in total. The van der Waals surface area contributed by atoms with Crippen LogP contribution in [0.3, 0.4) is 0 Å². The highest BCUT2D eigenvalue weighted by atomic mass is 35.5. The topological polar surface area (TPSA) is 61.7 Å². The fourth-order valence-corrected chi connectivity index (χ4v) is 2.41. The van der Waals surface area contributed by atoms with Crippen molar-refractivity contribution >= 4 is 17.3 Å². The summed E-state index contributed by atoms with van der Waals surface area (Å²) in [6.45, 7) is 4.29. The molecule has 1 unspecified atom stereocenters. The van der Waals surface area contributed by atoms with Crippen LogP contribution in [0.15, 0.2) is 36.4 Å². The summed E-state index contributed by atoms with van der Waals surface area (Å²) >= 11 is 6.14. The molecule has 0 heterocycles. The molecule has 0 saturated carbocycles. The minimum atomic E-state index is -0.278. The molecule has 0 aromatic heterocycles. The first-order valence-electron chi connectivity index (χ1n) is 6.72. The van der Waals surface area contributed by atoms with Gasteiger partial charge in [0.1, 0.15) is 17.2 Å². The van der Waals surface area contributed by atoms with E-state index in [9.17, 15) is 10.2 Å². The van der Waals surface area contributed by atoms with Gasteiger partial charge in [0.05, 0.1) is 23.2 Å². The minimum absolute atomic E-state index is 0.0482. The number of hydrogen-bond acceptors (Lipinski definition) is 4. The average molecular weight is 308 g/mol. The molecule has 0 spiro atoms. The van der Waals surface area contributed by atoms with Crippen molar-refractivity contribution in [3.8, 4) is 17.2 Å². The Balaban J connectivity index is 2.20. The molecule has 0 amide bonds. The van der Waals surface area contributed by atoms with Crippen LogP contribution in [0.25, 0.3) is 0 Å². The molecule has 112 valence electrons. The van der Waals surface area contributed by atoms with Gasteiger partial charge >= 0.3 is 0 Å². The third-order valence-corrected chi connectivity index (χ3v) is 3.40. The quantitative estimate of drug-likeness (QED) is 0.769. The maximum atomic E-state index is 9.86. The number of hydrogen-bond donors (Lipinski definition) is 3. The SMILES string of the molecule is CCOc1ccc(NC(C)c2c(O)cccc2O)cc1Cl. The maximum Gasteiger partial charge on any atom is 0.138 e. The van der Waals surface area contributed by atoms with Gasteiger partial charge in [-0.05, 0) is 44.2 Å². The molecule has 2 rings (SSSR count). The third-order valence-electron chi connectivity index (χ3n) is 3.11. The molecule has 2 aromatic rings. The standard InChI is InChI=1S/C16H18ClNO3/c1-3-21-15-8-7-11(9-12(15)17)18-10(2)16-13(19)5-4-6-14(16)20/h4-10,18-20H,3H2,1-2H3. The van der Waals surface area contributed by atoms with E-state index in [2.05, 4.69) is 5.32 Å². The fourth-order valence-electron chi connectivity index (χ4n) is 2.17. The van der Waals surface area contributed by atoms with E-state index < -0.39 is 0 Å². The number of benzene rings is 2. The fraction of sp³-hybridized carbons (Fsp3) is 0.250. The summed E-state index contributed by atoms with van der Waals surface area (Å²) in [4.78, 5) is 0. The van der Waals surface area contributed by atoms with Gasteiger partial charge < -0.3 is 20.3 Å². The summed E-state index contributed by atoms with van der Waals surface area (Å²) in [5, 5.41) is 23.4. The van der Waals surface area contributed by atoms with Crippen LogP contribution < -0.4 is 10.1 Å². The van der Waals surface area contributed by atoms with Gasteiger partial charge in [0.2, 0.25) is 0 Å². The Kier molecular flexibility index (Phi) is 4.81. The van der Waals surface area contributed by atoms with E-state index in [0.29, 0.717) is 22.9 Å². The van der Waals surface area contributed by atoms with Crippen molar-refractivity contribution < 1.29 is 14.9 Å². The average Bonchev–Trinajstić information content (AvgIpc) is 2.42. The lowest BCUT2D eigenvalue weighted by molar-refractivity contribution is 0.340. The normalized spacial score (nSPS) is 12.0. The molecule has 1 atom stereocenters. The number of aromatic hydroxyl groups is 2. The molecule has 0 saturated heterocycles. The second-order valence-electron chi connectivity index (χ2n) is 4.65. The number of rotatable bonds is 5. The van der Waals surface area contributed by atoms with Crippen LogP contribution in [0.1, 0.15) is 25.5 Å². The number of phenolic OH excluding ortho intramolecular Hbond substituents is 2. The largest absolute Gasteiger partial charge is 0.507 e. The summed E-state index contributed by atoms with van der Waals surface area (Å²) in [7, 11) is 0. The highest BCUT2D eigenvalue weighted by Gasteiger charge is 2.15. The molecule has 0 aliphatic carbocycles. The first kappa shape index (κ1) is 15.3. The van der Waals surface area contributed by atoms with E-state index in [1.54, 1.807) is 30.3 Å². The van der Waals surface area contributed by atoms with Crippen LogP contribution in [-0.4, -0.2) is 16.8 Å². The number of nitrogens with one attached hydrogen (secondary N) is 1. The Bertz CT molecular complexity index is 611. The molecule has 2 aromatic carbocycles. The molecule has 3 N–H and O–H groups in total. The van der Waals surface area contributed by atoms with Gasteiger partial charge in [-0.1, -0.05) is 17.7 Å². The van der Waals surface area contributed by atoms with Gasteiger partial charge in [0, 0.05) is 5.69 Å². The Hall–Kier alpha value is -2.07. The van der Waals surface area contributed by atoms with Gasteiger partial charge in [-0.15, -0.1) is 0 Å². The smallest absolute Gasteiger partial charge is 0.138 e. The molecular formula is C16H18ClNO3. The zero-order chi connectivity index (χ0) is 15.4. The lowest BCUT2D eigenvalue weighted by atomic mass is 10.1.